The van der Waals surface area contributed by atoms with Crippen molar-refractivity contribution in [2.24, 2.45) is 46.0 Å². The quantitative estimate of drug-likeness (QED) is 0.0360. The average Bonchev–Trinajstić information content (AvgIpc) is 1.64. The summed E-state index contributed by atoms with van der Waals surface area (Å²) in [5.41, 5.74) is 15.2. The number of para-hydroxylation sites is 1. The SMILES string of the molecule is CC(=O)O[C@]1(C(C)=O)CC[C@H]2[C@@H]3C[C@H](C)C4=CC(=O)CC[C@]4(C)[C@H]3CC[C@@]21C.CC(O)[C@@H]1NC(=O)[C@H](CCCCN)NC(=O)[C@@H](Cc2c[nH]c3ccccc23)NC(=O)[C@H](Cc2ccccc2)NC(=O)[C@@H](NC(=O)[C@H](N)Cc2ccccc2)CSSC[C@@H](C(=O)N[C@H](CO)[C@@H](C)O)NC1=O. The lowest BCUT2D eigenvalue weighted by molar-refractivity contribution is -0.187. The highest BCUT2D eigenvalue weighted by molar-refractivity contribution is 8.76. The van der Waals surface area contributed by atoms with E-state index >= 15 is 0 Å². The predicted octanol–water partition coefficient (Wildman–Crippen LogP) is 3.85. The Balaban J connectivity index is 0.000000367. The standard InChI is InChI=1S/C49H66N10O10S2.C24H34O4/c1-28(61)39(25-60)56-48(68)41-27-71-70-26-40(57-43(63)34(51)21-30-13-5-3-6-14-30)47(67)54-37(22-31-15-7-4-8-16-31)45(65)55-38(23-32-24-52-35-18-10-9-17-33(32)35)46(66)53-36(19-11-12-20-50)44(64)59-42(29(2)62)49(69)58-41;1-14-12-18-19(22(4)9-6-17(27)13-21(14)22)7-10-23(5)20(18)8-11-24(23,15(2)25)28-16(3)26/h3-10,13-18,24,28-29,34,36-42,52,60-62H,11-12,19-23,25-27,50-51H2,1-2H3,(H,53,66)(H,54,67)(H,55,65)(H,56,68)(H,57,63)(H,58,69)(H,59,64);13-14,18-20H,6-12H2,1-5H3/t28-,29?,34-,36+,37+,38-,39-,40+,41+,42+;14-,18+,19-,20-,22+,23-,24-/m10/s1. The second kappa shape index (κ2) is 34.7. The second-order valence-electron chi connectivity index (χ2n) is 27.9. The van der Waals surface area contributed by atoms with Gasteiger partial charge in [0.25, 0.3) is 0 Å². The van der Waals surface area contributed by atoms with E-state index < -0.39 is 114 Å². The van der Waals surface area contributed by atoms with Crippen LogP contribution in [-0.4, -0.2) is 170 Å². The molecule has 3 saturated carbocycles. The van der Waals surface area contributed by atoms with Crippen LogP contribution in [0, 0.1) is 34.5 Å². The van der Waals surface area contributed by atoms with Crippen molar-refractivity contribution in [2.75, 3.05) is 24.7 Å². The van der Waals surface area contributed by atoms with E-state index in [0.29, 0.717) is 60.5 Å². The zero-order valence-corrected chi connectivity index (χ0v) is 59.3. The molecule has 0 spiro atoms. The lowest BCUT2D eigenvalue weighted by Crippen LogP contribution is -2.62. The minimum Gasteiger partial charge on any atom is -0.451 e. The van der Waals surface area contributed by atoms with Gasteiger partial charge in [-0.2, -0.15) is 0 Å². The van der Waals surface area contributed by atoms with Gasteiger partial charge in [-0.05, 0) is 149 Å². The summed E-state index contributed by atoms with van der Waals surface area (Å²) in [7, 11) is 2.06. The number of allylic oxidation sites excluding steroid dienone is 1. The number of aliphatic hydroxyl groups is 3. The molecule has 0 radical (unpaired) electrons. The first-order chi connectivity index (χ1) is 47.1. The fraction of sp³-hybridized carbons (Fsp3) is 0.562. The van der Waals surface area contributed by atoms with Crippen LogP contribution in [0.25, 0.3) is 10.9 Å². The molecule has 4 aromatic rings. The number of esters is 1. The molecule has 1 aromatic heterocycles. The number of amides is 7. The summed E-state index contributed by atoms with van der Waals surface area (Å²) in [6.07, 6.45) is 8.04. The number of Topliss-reactive ketones (excluding diaryl/α,β-unsaturated/α-hetero) is 1. The van der Waals surface area contributed by atoms with Gasteiger partial charge < -0.3 is 73.7 Å². The van der Waals surface area contributed by atoms with Crippen molar-refractivity contribution in [3.8, 4) is 0 Å². The normalized spacial score (nSPS) is 29.8. The fourth-order valence-electron chi connectivity index (χ4n) is 15.8. The third-order valence-electron chi connectivity index (χ3n) is 21.1. The van der Waals surface area contributed by atoms with Crippen LogP contribution in [0.4, 0.5) is 0 Å². The first kappa shape index (κ1) is 77.3. The minimum absolute atomic E-state index is 0.00469. The number of ketones is 2. The first-order valence-electron chi connectivity index (χ1n) is 34.5. The van der Waals surface area contributed by atoms with Gasteiger partial charge in [-0.3, -0.25) is 47.9 Å². The van der Waals surface area contributed by atoms with Crippen molar-refractivity contribution < 1.29 is 68.0 Å². The second-order valence-corrected chi connectivity index (χ2v) is 30.5. The van der Waals surface area contributed by atoms with Crippen LogP contribution in [0.2, 0.25) is 0 Å². The number of aliphatic hydroxyl groups excluding tert-OH is 3. The topological polar surface area (TPSA) is 393 Å². The largest absolute Gasteiger partial charge is 0.451 e. The Kier molecular flexibility index (Phi) is 27.1. The van der Waals surface area contributed by atoms with Gasteiger partial charge in [-0.15, -0.1) is 0 Å². The molecule has 99 heavy (non-hydrogen) atoms. The van der Waals surface area contributed by atoms with Crippen LogP contribution in [-0.2, 0) is 71.9 Å². The number of aromatic nitrogens is 1. The number of hydrogen-bond acceptors (Lipinski definition) is 18. The van der Waals surface area contributed by atoms with Gasteiger partial charge in [-0.25, -0.2) is 0 Å². The van der Waals surface area contributed by atoms with Crippen molar-refractivity contribution in [1.82, 2.24) is 42.2 Å². The van der Waals surface area contributed by atoms with Crippen molar-refractivity contribution in [1.29, 1.82) is 0 Å². The van der Waals surface area contributed by atoms with E-state index in [9.17, 15) is 63.3 Å². The highest BCUT2D eigenvalue weighted by Gasteiger charge is 2.68. The van der Waals surface area contributed by atoms with Gasteiger partial charge in [0, 0.05) is 60.2 Å². The predicted molar refractivity (Wildman–Crippen MR) is 378 cm³/mol. The number of aromatic amines is 1. The van der Waals surface area contributed by atoms with E-state index in [2.05, 4.69) is 63.0 Å². The lowest BCUT2D eigenvalue weighted by atomic mass is 9.44. The van der Waals surface area contributed by atoms with E-state index in [1.165, 1.54) is 26.3 Å². The van der Waals surface area contributed by atoms with Gasteiger partial charge in [0.15, 0.2) is 17.2 Å². The molecule has 1 aliphatic heterocycles. The zero-order chi connectivity index (χ0) is 71.9. The smallest absolute Gasteiger partial charge is 0.303 e. The molecule has 4 fully saturated rings. The van der Waals surface area contributed by atoms with Crippen LogP contribution >= 0.6 is 21.6 Å². The van der Waals surface area contributed by atoms with Crippen molar-refractivity contribution in [3.05, 3.63) is 119 Å². The summed E-state index contributed by atoms with van der Waals surface area (Å²) in [6, 6.07) is 14.6. The number of ether oxygens (including phenoxy) is 1. The number of hydrogen-bond donors (Lipinski definition) is 13. The van der Waals surface area contributed by atoms with Gasteiger partial charge in [0.05, 0.1) is 30.9 Å². The molecule has 538 valence electrons. The molecule has 17 atom stereocenters. The summed E-state index contributed by atoms with van der Waals surface area (Å²) < 4.78 is 5.84. The van der Waals surface area contributed by atoms with Gasteiger partial charge in [-0.1, -0.05) is 127 Å². The molecule has 1 unspecified atom stereocenters. The van der Waals surface area contributed by atoms with Crippen molar-refractivity contribution in [2.45, 2.75) is 198 Å². The summed E-state index contributed by atoms with van der Waals surface area (Å²) in [6.45, 7) is 12.1. The van der Waals surface area contributed by atoms with Crippen molar-refractivity contribution >= 4 is 91.4 Å². The first-order valence-corrected chi connectivity index (χ1v) is 37.0. The molecule has 9 rings (SSSR count). The van der Waals surface area contributed by atoms with Gasteiger partial charge in [0.2, 0.25) is 41.4 Å². The maximum atomic E-state index is 14.7. The van der Waals surface area contributed by atoms with Crippen LogP contribution in [0.5, 0.6) is 0 Å². The summed E-state index contributed by atoms with van der Waals surface area (Å²) in [4.78, 5) is 140. The molecular weight excluding hydrogens is 1300 g/mol. The molecule has 3 aromatic carbocycles. The van der Waals surface area contributed by atoms with Gasteiger partial charge in [0.1, 0.15) is 36.3 Å². The number of fused-ring (bicyclic) bond motifs is 6. The molecule has 4 aliphatic carbocycles. The minimum atomic E-state index is -1.66. The number of nitrogens with one attached hydrogen (secondary N) is 8. The Morgan fingerprint density at radius 1 is 0.727 bits per heavy atom. The Morgan fingerprint density at radius 3 is 1.99 bits per heavy atom. The monoisotopic (exact) mass is 1400 g/mol. The molecule has 0 bridgehead atoms. The Morgan fingerprint density at radius 2 is 1.34 bits per heavy atom. The number of nitrogens with two attached hydrogens (primary N) is 2. The van der Waals surface area contributed by atoms with E-state index in [1.54, 1.807) is 67.7 Å². The van der Waals surface area contributed by atoms with E-state index in [0.717, 1.165) is 70.2 Å². The van der Waals surface area contributed by atoms with E-state index in [4.69, 9.17) is 16.2 Å². The highest BCUT2D eigenvalue weighted by atomic mass is 33.1. The summed E-state index contributed by atoms with van der Waals surface area (Å²) in [5.74, 6) is -4.19. The third kappa shape index (κ3) is 18.8. The van der Waals surface area contributed by atoms with E-state index in [-0.39, 0.29) is 72.1 Å². The number of H-pyrrole nitrogens is 1. The maximum absolute atomic E-state index is 14.7. The van der Waals surface area contributed by atoms with Crippen molar-refractivity contribution in [3.63, 3.8) is 0 Å². The Bertz CT molecular complexity index is 3560. The average molecular weight is 1410 g/mol. The van der Waals surface area contributed by atoms with Crippen LogP contribution in [0.15, 0.2) is 103 Å². The van der Waals surface area contributed by atoms with Gasteiger partial charge >= 0.3 is 5.97 Å². The molecular formula is C73H100N10O14S2. The molecule has 26 heteroatoms. The van der Waals surface area contributed by atoms with Crippen LogP contribution < -0.4 is 48.7 Å². The Labute approximate surface area is 586 Å². The number of unbranched alkanes of at least 4 members (excludes halogenated alkanes) is 1. The molecule has 5 aliphatic rings. The number of carbonyl (C=O) groups is 10. The molecule has 1 saturated heterocycles. The number of benzene rings is 3. The fourth-order valence-corrected chi connectivity index (χ4v) is 18.1. The molecule has 15 N–H and O–H groups in total. The Hall–Kier alpha value is -7.46. The highest BCUT2D eigenvalue weighted by Crippen LogP contribution is 2.69. The van der Waals surface area contributed by atoms with E-state index in [1.807, 2.05) is 36.4 Å². The molecule has 2 heterocycles. The number of rotatable bonds is 19. The summed E-state index contributed by atoms with van der Waals surface area (Å²) >= 11 is 0. The molecule has 7 amide bonds. The maximum Gasteiger partial charge on any atom is 0.303 e. The molecule has 24 nitrogen and oxygen atoms in total. The summed E-state index contributed by atoms with van der Waals surface area (Å²) in [5, 5.41) is 50.5. The zero-order valence-electron chi connectivity index (χ0n) is 57.6. The number of carbonyl (C=O) groups excluding carboxylic acids is 10. The van der Waals surface area contributed by atoms with Crippen LogP contribution in [0.3, 0.4) is 0 Å². The lowest BCUT2D eigenvalue weighted by Gasteiger charge is -2.60. The van der Waals surface area contributed by atoms with Crippen LogP contribution in [0.1, 0.15) is 129 Å². The third-order valence-corrected chi connectivity index (χ3v) is 23.6.